The molecule has 1 aromatic carbocycles. The third-order valence-electron chi connectivity index (χ3n) is 1.81. The van der Waals surface area contributed by atoms with Crippen LogP contribution in [0.15, 0.2) is 35.7 Å². The highest BCUT2D eigenvalue weighted by Gasteiger charge is 1.91. The van der Waals surface area contributed by atoms with Crippen LogP contribution in [-0.2, 0) is 10.5 Å². The van der Waals surface area contributed by atoms with E-state index in [1.165, 1.54) is 17.3 Å². The van der Waals surface area contributed by atoms with Crippen molar-refractivity contribution in [2.75, 3.05) is 5.75 Å². The Morgan fingerprint density at radius 3 is 2.81 bits per heavy atom. The zero-order valence-electron chi connectivity index (χ0n) is 9.31. The van der Waals surface area contributed by atoms with Gasteiger partial charge in [0.2, 0.25) is 0 Å². The van der Waals surface area contributed by atoms with Gasteiger partial charge in [-0.05, 0) is 23.5 Å². The van der Waals surface area contributed by atoms with Crippen molar-refractivity contribution in [1.29, 1.82) is 0 Å². The lowest BCUT2D eigenvalue weighted by Gasteiger charge is -1.96. The fourth-order valence-corrected chi connectivity index (χ4v) is 2.29. The van der Waals surface area contributed by atoms with Crippen LogP contribution < -0.4 is 0 Å². The molecule has 0 aliphatic heterocycles. The Labute approximate surface area is 106 Å². The zero-order chi connectivity index (χ0) is 11.6. The first-order valence-electron chi connectivity index (χ1n) is 5.13. The van der Waals surface area contributed by atoms with Gasteiger partial charge in [-0.3, -0.25) is 4.79 Å². The van der Waals surface area contributed by atoms with Gasteiger partial charge in [0.15, 0.2) is 5.12 Å². The Balaban J connectivity index is 2.07. The summed E-state index contributed by atoms with van der Waals surface area (Å²) in [5.74, 6) is 1.81. The molecule has 0 heterocycles. The summed E-state index contributed by atoms with van der Waals surface area (Å²) >= 11 is 3.09. The van der Waals surface area contributed by atoms with E-state index >= 15 is 0 Å². The lowest BCUT2D eigenvalue weighted by atomic mass is 10.2. The number of hydrogen-bond donors (Lipinski definition) is 0. The molecular formula is C13H15OS2. The molecule has 16 heavy (non-hydrogen) atoms. The number of carbonyl (C=O) groups excluding carboxylic acids is 1. The van der Waals surface area contributed by atoms with Crippen molar-refractivity contribution >= 4 is 28.6 Å². The highest BCUT2D eigenvalue weighted by atomic mass is 32.2. The van der Waals surface area contributed by atoms with Gasteiger partial charge in [0.25, 0.3) is 0 Å². The van der Waals surface area contributed by atoms with Gasteiger partial charge < -0.3 is 0 Å². The second kappa shape index (κ2) is 8.48. The third kappa shape index (κ3) is 6.75. The molecule has 1 radical (unpaired) electrons. The van der Waals surface area contributed by atoms with E-state index in [-0.39, 0.29) is 5.12 Å². The van der Waals surface area contributed by atoms with Crippen molar-refractivity contribution in [1.82, 2.24) is 0 Å². The van der Waals surface area contributed by atoms with Gasteiger partial charge in [-0.25, -0.2) is 0 Å². The van der Waals surface area contributed by atoms with Gasteiger partial charge in [0, 0.05) is 18.4 Å². The number of allylic oxidation sites excluding steroid dienone is 1. The van der Waals surface area contributed by atoms with E-state index in [0.29, 0.717) is 0 Å². The standard InChI is InChI=1S/C13H15OS2/c1-12(14)16-10-6-5-9-15-11-13-7-3-2-4-8-13/h2-4,7-9H,6,10-11H2,1H3. The maximum atomic E-state index is 10.6. The lowest BCUT2D eigenvalue weighted by molar-refractivity contribution is -0.109. The van der Waals surface area contributed by atoms with Crippen molar-refractivity contribution in [3.8, 4) is 0 Å². The van der Waals surface area contributed by atoms with E-state index in [4.69, 9.17) is 0 Å². The lowest BCUT2D eigenvalue weighted by Crippen LogP contribution is -1.83. The van der Waals surface area contributed by atoms with Crippen LogP contribution in [0.5, 0.6) is 0 Å². The predicted octanol–water partition coefficient (Wildman–Crippen LogP) is 3.91. The Hall–Kier alpha value is -0.670. The second-order valence-corrected chi connectivity index (χ2v) is 5.34. The van der Waals surface area contributed by atoms with Crippen molar-refractivity contribution in [2.24, 2.45) is 0 Å². The minimum Gasteiger partial charge on any atom is -0.288 e. The first-order chi connectivity index (χ1) is 7.79. The Morgan fingerprint density at radius 1 is 1.38 bits per heavy atom. The molecule has 0 aliphatic rings. The molecule has 0 saturated carbocycles. The molecule has 0 aliphatic carbocycles. The minimum atomic E-state index is 0.179. The van der Waals surface area contributed by atoms with Crippen molar-refractivity contribution in [3.63, 3.8) is 0 Å². The molecule has 0 amide bonds. The van der Waals surface area contributed by atoms with Gasteiger partial charge in [-0.15, -0.1) is 11.8 Å². The molecule has 0 bridgehead atoms. The molecule has 0 saturated heterocycles. The summed E-state index contributed by atoms with van der Waals surface area (Å²) in [6.45, 7) is 1.60. The van der Waals surface area contributed by atoms with E-state index < -0.39 is 0 Å². The predicted molar refractivity (Wildman–Crippen MR) is 73.3 cm³/mol. The highest BCUT2D eigenvalue weighted by Crippen LogP contribution is 2.13. The number of benzene rings is 1. The molecule has 85 valence electrons. The van der Waals surface area contributed by atoms with E-state index in [2.05, 4.69) is 18.2 Å². The normalized spacial score (nSPS) is 10.8. The second-order valence-electron chi connectivity index (χ2n) is 3.21. The molecule has 0 N–H and O–H groups in total. The largest absolute Gasteiger partial charge is 0.288 e. The maximum Gasteiger partial charge on any atom is 0.185 e. The van der Waals surface area contributed by atoms with Crippen LogP contribution >= 0.6 is 23.5 Å². The maximum absolute atomic E-state index is 10.6. The van der Waals surface area contributed by atoms with Gasteiger partial charge >= 0.3 is 0 Å². The van der Waals surface area contributed by atoms with Crippen LogP contribution in [-0.4, -0.2) is 10.9 Å². The van der Waals surface area contributed by atoms with Gasteiger partial charge in [0.05, 0.1) is 0 Å². The Bertz CT molecular complexity index is 333. The SMILES string of the molecule is CC(=O)SCC[C]=CSCc1ccccc1. The number of rotatable bonds is 6. The van der Waals surface area contributed by atoms with Crippen LogP contribution in [0.1, 0.15) is 18.9 Å². The summed E-state index contributed by atoms with van der Waals surface area (Å²) in [6, 6.07) is 10.4. The summed E-state index contributed by atoms with van der Waals surface area (Å²) in [7, 11) is 0. The number of thioether (sulfide) groups is 2. The van der Waals surface area contributed by atoms with Gasteiger partial charge in [0.1, 0.15) is 0 Å². The van der Waals surface area contributed by atoms with Crippen LogP contribution in [0.4, 0.5) is 0 Å². The summed E-state index contributed by atoms with van der Waals surface area (Å²) in [4.78, 5) is 10.6. The van der Waals surface area contributed by atoms with E-state index in [1.54, 1.807) is 18.7 Å². The molecule has 0 unspecified atom stereocenters. The van der Waals surface area contributed by atoms with E-state index in [0.717, 1.165) is 17.9 Å². The van der Waals surface area contributed by atoms with Crippen LogP contribution in [0.3, 0.4) is 0 Å². The first kappa shape index (κ1) is 13.4. The molecule has 1 aromatic rings. The fourth-order valence-electron chi connectivity index (χ4n) is 1.08. The monoisotopic (exact) mass is 251 g/mol. The average molecular weight is 251 g/mol. The minimum absolute atomic E-state index is 0.179. The van der Waals surface area contributed by atoms with Crippen LogP contribution in [0.25, 0.3) is 0 Å². The van der Waals surface area contributed by atoms with Crippen LogP contribution in [0, 0.1) is 6.08 Å². The summed E-state index contributed by atoms with van der Waals surface area (Å²) in [5.41, 5.74) is 1.32. The summed E-state index contributed by atoms with van der Waals surface area (Å²) < 4.78 is 0. The molecule has 0 aromatic heterocycles. The third-order valence-corrected chi connectivity index (χ3v) is 3.46. The summed E-state index contributed by atoms with van der Waals surface area (Å²) in [5, 5.41) is 2.17. The average Bonchev–Trinajstić information content (AvgIpc) is 2.29. The molecule has 3 heteroatoms. The number of carbonyl (C=O) groups is 1. The van der Waals surface area contributed by atoms with Crippen molar-refractivity contribution < 1.29 is 4.79 Å². The van der Waals surface area contributed by atoms with Crippen molar-refractivity contribution in [3.05, 3.63) is 47.4 Å². The smallest absolute Gasteiger partial charge is 0.185 e. The molecule has 1 rings (SSSR count). The Kier molecular flexibility index (Phi) is 7.10. The van der Waals surface area contributed by atoms with E-state index in [1.807, 2.05) is 23.6 Å². The van der Waals surface area contributed by atoms with Crippen molar-refractivity contribution in [2.45, 2.75) is 19.1 Å². The summed E-state index contributed by atoms with van der Waals surface area (Å²) in [6.07, 6.45) is 4.02. The zero-order valence-corrected chi connectivity index (χ0v) is 10.9. The molecule has 1 nitrogen and oxygen atoms in total. The Morgan fingerprint density at radius 2 is 2.12 bits per heavy atom. The molecule has 0 fully saturated rings. The molecule has 0 spiro atoms. The quantitative estimate of drug-likeness (QED) is 0.714. The first-order valence-corrected chi connectivity index (χ1v) is 7.16. The molecule has 0 atom stereocenters. The van der Waals surface area contributed by atoms with Crippen LogP contribution in [0.2, 0.25) is 0 Å². The van der Waals surface area contributed by atoms with Gasteiger partial charge in [-0.1, -0.05) is 42.1 Å². The number of hydrogen-bond acceptors (Lipinski definition) is 3. The highest BCUT2D eigenvalue weighted by molar-refractivity contribution is 8.13. The van der Waals surface area contributed by atoms with E-state index in [9.17, 15) is 4.79 Å². The fraction of sp³-hybridized carbons (Fsp3) is 0.308. The topological polar surface area (TPSA) is 17.1 Å². The molecular weight excluding hydrogens is 236 g/mol. The van der Waals surface area contributed by atoms with Gasteiger partial charge in [-0.2, -0.15) is 0 Å².